The van der Waals surface area contributed by atoms with Gasteiger partial charge in [0.25, 0.3) is 5.91 Å². The number of thioether (sulfide) groups is 1. The Hall–Kier alpha value is -3.65. The molecular formula is C32H42N4O8S. The van der Waals surface area contributed by atoms with Gasteiger partial charge in [-0.05, 0) is 30.5 Å². The van der Waals surface area contributed by atoms with Crippen LogP contribution < -0.4 is 26.0 Å². The molecule has 0 saturated carbocycles. The van der Waals surface area contributed by atoms with Crippen molar-refractivity contribution >= 4 is 35.4 Å². The summed E-state index contributed by atoms with van der Waals surface area (Å²) in [6.45, 7) is 1.91. The van der Waals surface area contributed by atoms with Gasteiger partial charge in [0.05, 0.1) is 38.5 Å². The normalized spacial score (nSPS) is 19.2. The monoisotopic (exact) mass is 642 g/mol. The van der Waals surface area contributed by atoms with Gasteiger partial charge in [-0.15, -0.1) is 0 Å². The summed E-state index contributed by atoms with van der Waals surface area (Å²) >= 11 is 1.88. The van der Waals surface area contributed by atoms with E-state index in [2.05, 4.69) is 21.3 Å². The zero-order chi connectivity index (χ0) is 31.9. The minimum absolute atomic E-state index is 0.00501. The van der Waals surface area contributed by atoms with Crippen molar-refractivity contribution in [2.24, 2.45) is 0 Å². The molecule has 45 heavy (non-hydrogen) atoms. The molecule has 0 aliphatic carbocycles. The third-order valence-electron chi connectivity index (χ3n) is 7.44. The van der Waals surface area contributed by atoms with Crippen molar-refractivity contribution < 1.29 is 38.5 Å². The van der Waals surface area contributed by atoms with Crippen molar-refractivity contribution in [2.45, 2.75) is 49.1 Å². The topological polar surface area (TPSA) is 164 Å². The number of benzene rings is 2. The number of urea groups is 1. The van der Waals surface area contributed by atoms with Crippen LogP contribution in [0.15, 0.2) is 54.6 Å². The van der Waals surface area contributed by atoms with Crippen LogP contribution in [-0.4, -0.2) is 97.9 Å². The van der Waals surface area contributed by atoms with Gasteiger partial charge in [-0.3, -0.25) is 14.4 Å². The van der Waals surface area contributed by atoms with Crippen LogP contribution in [0.3, 0.4) is 0 Å². The molecule has 244 valence electrons. The first-order valence-corrected chi connectivity index (χ1v) is 16.3. The number of carbonyl (C=O) groups excluding carboxylic acids is 4. The summed E-state index contributed by atoms with van der Waals surface area (Å²) in [5.41, 5.74) is 0.784. The Morgan fingerprint density at radius 3 is 2.40 bits per heavy atom. The Morgan fingerprint density at radius 1 is 0.911 bits per heavy atom. The zero-order valence-electron chi connectivity index (χ0n) is 25.2. The van der Waals surface area contributed by atoms with Crippen LogP contribution >= 0.6 is 11.8 Å². The number of fused-ring (bicyclic) bond motifs is 1. The number of carbonyl (C=O) groups is 4. The quantitative estimate of drug-likeness (QED) is 0.0825. The number of aliphatic hydroxyl groups is 1. The zero-order valence-corrected chi connectivity index (χ0v) is 26.0. The van der Waals surface area contributed by atoms with Gasteiger partial charge in [-0.25, -0.2) is 4.79 Å². The molecule has 0 aromatic heterocycles. The molecule has 2 aliphatic heterocycles. The van der Waals surface area contributed by atoms with Crippen LogP contribution in [0.5, 0.6) is 5.75 Å². The highest BCUT2D eigenvalue weighted by Crippen LogP contribution is 2.33. The van der Waals surface area contributed by atoms with Crippen molar-refractivity contribution in [2.75, 3.05) is 51.9 Å². The molecule has 4 rings (SSSR count). The lowest BCUT2D eigenvalue weighted by atomic mass is 10.00. The van der Waals surface area contributed by atoms with E-state index >= 15 is 0 Å². The first-order valence-electron chi connectivity index (χ1n) is 15.3. The highest BCUT2D eigenvalue weighted by atomic mass is 32.2. The first-order chi connectivity index (χ1) is 21.9. The summed E-state index contributed by atoms with van der Waals surface area (Å²) in [6, 6.07) is 15.4. The third-order valence-corrected chi connectivity index (χ3v) is 8.95. The number of hydrogen-bond acceptors (Lipinski definition) is 9. The molecule has 4 atom stereocenters. The number of aliphatic hydroxyl groups excluding tert-OH is 1. The smallest absolute Gasteiger partial charge is 0.315 e. The first kappa shape index (κ1) is 34.2. The lowest BCUT2D eigenvalue weighted by Gasteiger charge is -2.16. The molecule has 0 radical (unpaired) electrons. The number of Topliss-reactive ketones (excluding diaryl/α,β-unsaturated/α-hetero) is 1. The average molecular weight is 643 g/mol. The molecule has 5 N–H and O–H groups in total. The molecule has 4 unspecified atom stereocenters. The fourth-order valence-electron chi connectivity index (χ4n) is 5.09. The van der Waals surface area contributed by atoms with E-state index < -0.39 is 11.9 Å². The lowest BCUT2D eigenvalue weighted by molar-refractivity contribution is -0.123. The van der Waals surface area contributed by atoms with E-state index in [4.69, 9.17) is 14.2 Å². The average Bonchev–Trinajstić information content (AvgIpc) is 3.61. The number of nitrogens with one attached hydrogen (secondary N) is 4. The van der Waals surface area contributed by atoms with Crippen LogP contribution in [0.2, 0.25) is 0 Å². The predicted molar refractivity (Wildman–Crippen MR) is 169 cm³/mol. The molecule has 2 fully saturated rings. The van der Waals surface area contributed by atoms with E-state index in [1.54, 1.807) is 48.5 Å². The minimum atomic E-state index is -1.28. The van der Waals surface area contributed by atoms with E-state index in [1.807, 2.05) is 11.8 Å². The molecule has 12 nitrogen and oxygen atoms in total. The summed E-state index contributed by atoms with van der Waals surface area (Å²) in [5, 5.41) is 22.3. The van der Waals surface area contributed by atoms with Gasteiger partial charge < -0.3 is 40.6 Å². The van der Waals surface area contributed by atoms with Crippen LogP contribution in [0.1, 0.15) is 47.7 Å². The third kappa shape index (κ3) is 11.3. The van der Waals surface area contributed by atoms with Gasteiger partial charge in [0, 0.05) is 36.1 Å². The van der Waals surface area contributed by atoms with E-state index in [9.17, 15) is 24.3 Å². The predicted octanol–water partition coefficient (Wildman–Crippen LogP) is 1.97. The van der Waals surface area contributed by atoms with Gasteiger partial charge in [0.15, 0.2) is 12.4 Å². The van der Waals surface area contributed by atoms with Crippen molar-refractivity contribution in [3.63, 3.8) is 0 Å². The summed E-state index contributed by atoms with van der Waals surface area (Å²) in [4.78, 5) is 48.2. The van der Waals surface area contributed by atoms with Gasteiger partial charge in [-0.1, -0.05) is 48.9 Å². The number of hydrogen-bond donors (Lipinski definition) is 5. The molecule has 2 saturated heterocycles. The molecule has 0 spiro atoms. The number of ether oxygens (including phenoxy) is 3. The summed E-state index contributed by atoms with van der Waals surface area (Å²) < 4.78 is 16.4. The second-order valence-electron chi connectivity index (χ2n) is 10.8. The summed E-state index contributed by atoms with van der Waals surface area (Å²) in [7, 11) is 0. The fraction of sp³-hybridized carbons (Fsp3) is 0.500. The summed E-state index contributed by atoms with van der Waals surface area (Å²) in [5.74, 6) is 0.498. The van der Waals surface area contributed by atoms with Gasteiger partial charge in [0.2, 0.25) is 5.91 Å². The van der Waals surface area contributed by atoms with Crippen molar-refractivity contribution in [1.29, 1.82) is 0 Å². The van der Waals surface area contributed by atoms with Crippen LogP contribution in [0, 0.1) is 0 Å². The molecule has 0 bridgehead atoms. The highest BCUT2D eigenvalue weighted by molar-refractivity contribution is 8.00. The van der Waals surface area contributed by atoms with Gasteiger partial charge in [-0.2, -0.15) is 11.8 Å². The van der Waals surface area contributed by atoms with E-state index in [-0.39, 0.29) is 42.1 Å². The molecule has 2 heterocycles. The minimum Gasteiger partial charge on any atom is -0.484 e. The Labute approximate surface area is 267 Å². The lowest BCUT2D eigenvalue weighted by Crippen LogP contribution is -2.36. The van der Waals surface area contributed by atoms with E-state index in [1.165, 1.54) is 6.07 Å². The van der Waals surface area contributed by atoms with Crippen LogP contribution in [0.25, 0.3) is 0 Å². The maximum Gasteiger partial charge on any atom is 0.315 e. The Balaban J connectivity index is 0.948. The Kier molecular flexibility index (Phi) is 14.0. The highest BCUT2D eigenvalue weighted by Gasteiger charge is 2.42. The number of amides is 4. The SMILES string of the molecule is O=C(CCCCC1SCC2NC(=O)NC21)NCCOCCOCCNC(=O)COc1cccc(C(=O)C(O)c2ccccc2)c1. The van der Waals surface area contributed by atoms with E-state index in [0.29, 0.717) is 62.5 Å². The molecular weight excluding hydrogens is 600 g/mol. The fourth-order valence-corrected chi connectivity index (χ4v) is 6.64. The summed E-state index contributed by atoms with van der Waals surface area (Å²) in [6.07, 6.45) is 1.94. The maximum absolute atomic E-state index is 12.6. The number of ketones is 1. The maximum atomic E-state index is 12.6. The Bertz CT molecular complexity index is 1270. The molecule has 2 aromatic rings. The van der Waals surface area contributed by atoms with Crippen molar-refractivity contribution in [3.8, 4) is 5.75 Å². The van der Waals surface area contributed by atoms with Crippen molar-refractivity contribution in [1.82, 2.24) is 21.3 Å². The molecule has 4 amide bonds. The largest absolute Gasteiger partial charge is 0.484 e. The number of rotatable bonds is 20. The van der Waals surface area contributed by atoms with Gasteiger partial charge >= 0.3 is 6.03 Å². The molecule has 2 aromatic carbocycles. The second kappa shape index (κ2) is 18.4. The second-order valence-corrected chi connectivity index (χ2v) is 12.1. The van der Waals surface area contributed by atoms with Crippen LogP contribution in [-0.2, 0) is 19.1 Å². The Morgan fingerprint density at radius 2 is 1.64 bits per heavy atom. The van der Waals surface area contributed by atoms with E-state index in [0.717, 1.165) is 25.0 Å². The molecule has 2 aliphatic rings. The van der Waals surface area contributed by atoms with Crippen LogP contribution in [0.4, 0.5) is 4.79 Å². The molecule has 13 heteroatoms. The van der Waals surface area contributed by atoms with Gasteiger partial charge in [0.1, 0.15) is 11.9 Å². The van der Waals surface area contributed by atoms with Crippen molar-refractivity contribution in [3.05, 3.63) is 65.7 Å². The standard InChI is InChI=1S/C32H42N4O8S/c37-27(12-5-4-11-26-29-25(21-45-26)35-32(41)36-29)33-13-15-42-17-18-43-16-14-34-28(38)20-44-24-10-6-9-23(19-24)31(40)30(39)22-7-2-1-3-8-22/h1-3,6-10,19,25-26,29-30,39H,4-5,11-18,20-21H2,(H,33,37)(H,34,38)(H2,35,36,41). The number of unbranched alkanes of at least 4 members (excludes halogenated alkanes) is 1.